The molecule has 4 heterocycles. The molecule has 0 spiro atoms. The molecule has 6 rings (SSSR count). The molecule has 4 fully saturated rings. The Morgan fingerprint density at radius 2 is 2.07 bits per heavy atom. The normalized spacial score (nSPS) is 32.7. The molecule has 9 heteroatoms. The molecular formula is C21H29N7O2. The van der Waals surface area contributed by atoms with Crippen molar-refractivity contribution in [3.8, 4) is 0 Å². The molecule has 2 aliphatic heterocycles. The van der Waals surface area contributed by atoms with Crippen LogP contribution >= 0.6 is 0 Å². The Labute approximate surface area is 176 Å². The monoisotopic (exact) mass is 411 g/mol. The van der Waals surface area contributed by atoms with Gasteiger partial charge in [-0.1, -0.05) is 5.16 Å². The first-order valence-electron chi connectivity index (χ1n) is 11.1. The number of rotatable bonds is 5. The molecule has 0 aromatic carbocycles. The van der Waals surface area contributed by atoms with Gasteiger partial charge < -0.3 is 14.2 Å². The van der Waals surface area contributed by atoms with E-state index in [9.17, 15) is 0 Å². The maximum atomic E-state index is 6.41. The lowest BCUT2D eigenvalue weighted by atomic mass is 9.79. The summed E-state index contributed by atoms with van der Waals surface area (Å²) < 4.78 is 11.7. The first-order valence-corrected chi connectivity index (χ1v) is 11.1. The number of hydrogen-bond acceptors (Lipinski definition) is 9. The van der Waals surface area contributed by atoms with Crippen LogP contribution in [0.15, 0.2) is 16.9 Å². The lowest BCUT2D eigenvalue weighted by Crippen LogP contribution is -2.45. The summed E-state index contributed by atoms with van der Waals surface area (Å²) in [5, 5.41) is 3.90. The van der Waals surface area contributed by atoms with E-state index in [1.165, 1.54) is 12.8 Å². The first-order chi connectivity index (χ1) is 14.6. The Morgan fingerprint density at radius 1 is 1.20 bits per heavy atom. The van der Waals surface area contributed by atoms with Crippen molar-refractivity contribution < 1.29 is 9.26 Å². The number of hydrogen-bond donors (Lipinski definition) is 2. The van der Waals surface area contributed by atoms with Gasteiger partial charge in [0, 0.05) is 31.1 Å². The van der Waals surface area contributed by atoms with E-state index in [0.29, 0.717) is 23.9 Å². The maximum absolute atomic E-state index is 6.41. The lowest BCUT2D eigenvalue weighted by molar-refractivity contribution is -0.0500. The van der Waals surface area contributed by atoms with Crippen LogP contribution in [0, 0.1) is 12.8 Å². The van der Waals surface area contributed by atoms with Gasteiger partial charge in [-0.25, -0.2) is 15.4 Å². The van der Waals surface area contributed by atoms with Gasteiger partial charge in [0.1, 0.15) is 12.1 Å². The number of aromatic nitrogens is 4. The molecule has 0 bridgehead atoms. The first kappa shape index (κ1) is 18.7. The van der Waals surface area contributed by atoms with E-state index < -0.39 is 0 Å². The number of nitrogens with one attached hydrogen (secondary N) is 2. The second-order valence-corrected chi connectivity index (χ2v) is 9.62. The van der Waals surface area contributed by atoms with E-state index in [1.807, 2.05) is 6.92 Å². The van der Waals surface area contributed by atoms with Crippen LogP contribution in [-0.2, 0) is 4.74 Å². The van der Waals surface area contributed by atoms with Crippen LogP contribution in [0.5, 0.6) is 0 Å². The molecule has 2 aliphatic carbocycles. The standard InChI is InChI=1S/C21H29N7O2/c1-12-24-20(30-27-12)13-9-28(10-13)18-8-17(22-11-23-18)19-15-7-14(29-21(2)5-6-21)3-4-16(15)25-26-19/h8,11,13-16,19,25-26H,3-7,9-10H2,1-2H3. The molecule has 2 aromatic rings. The SMILES string of the molecule is Cc1noc(C2CN(c3cc(C4NNC5CCC(OC6(C)CC6)CC54)ncn3)C2)n1. The third-order valence-electron chi connectivity index (χ3n) is 7.20. The van der Waals surface area contributed by atoms with E-state index >= 15 is 0 Å². The number of nitrogens with zero attached hydrogens (tertiary/aromatic N) is 5. The van der Waals surface area contributed by atoms with E-state index in [-0.39, 0.29) is 17.6 Å². The number of aryl methyl sites for hydroxylation is 1. The second-order valence-electron chi connectivity index (χ2n) is 9.62. The van der Waals surface area contributed by atoms with Gasteiger partial charge in [0.2, 0.25) is 5.89 Å². The third-order valence-corrected chi connectivity index (χ3v) is 7.20. The zero-order chi connectivity index (χ0) is 20.3. The zero-order valence-corrected chi connectivity index (χ0v) is 17.5. The fraction of sp³-hybridized carbons (Fsp3) is 0.714. The molecule has 4 unspecified atom stereocenters. The van der Waals surface area contributed by atoms with Crippen molar-refractivity contribution in [2.24, 2.45) is 5.92 Å². The number of ether oxygens (including phenoxy) is 1. The van der Waals surface area contributed by atoms with E-state index in [4.69, 9.17) is 9.26 Å². The fourth-order valence-electron chi connectivity index (χ4n) is 5.12. The van der Waals surface area contributed by atoms with E-state index in [1.54, 1.807) is 6.33 Å². The summed E-state index contributed by atoms with van der Waals surface area (Å²) in [4.78, 5) is 15.7. The highest BCUT2D eigenvalue weighted by atomic mass is 16.5. The predicted molar refractivity (Wildman–Crippen MR) is 109 cm³/mol. The minimum absolute atomic E-state index is 0.138. The summed E-state index contributed by atoms with van der Waals surface area (Å²) in [6.45, 7) is 5.78. The fourth-order valence-corrected chi connectivity index (χ4v) is 5.12. The smallest absolute Gasteiger partial charge is 0.233 e. The van der Waals surface area contributed by atoms with Crippen molar-refractivity contribution in [1.29, 1.82) is 0 Å². The van der Waals surface area contributed by atoms with Crippen LogP contribution in [0.3, 0.4) is 0 Å². The van der Waals surface area contributed by atoms with Gasteiger partial charge in [-0.3, -0.25) is 5.43 Å². The second kappa shape index (κ2) is 6.96. The Bertz CT molecular complexity index is 924. The van der Waals surface area contributed by atoms with Gasteiger partial charge in [-0.2, -0.15) is 4.98 Å². The van der Waals surface area contributed by atoms with Crippen LogP contribution in [0.25, 0.3) is 0 Å². The lowest BCUT2D eigenvalue weighted by Gasteiger charge is -2.38. The van der Waals surface area contributed by atoms with Crippen molar-refractivity contribution in [2.45, 2.75) is 75.7 Å². The summed E-state index contributed by atoms with van der Waals surface area (Å²) in [5.74, 6) is 3.14. The molecule has 9 nitrogen and oxygen atoms in total. The molecule has 2 N–H and O–H groups in total. The number of hydrazine groups is 1. The topological polar surface area (TPSA) is 101 Å². The van der Waals surface area contributed by atoms with Crippen molar-refractivity contribution in [1.82, 2.24) is 31.0 Å². The molecule has 30 heavy (non-hydrogen) atoms. The highest BCUT2D eigenvalue weighted by Gasteiger charge is 2.46. The molecule has 4 aliphatic rings. The van der Waals surface area contributed by atoms with Crippen molar-refractivity contribution in [2.75, 3.05) is 18.0 Å². The summed E-state index contributed by atoms with van der Waals surface area (Å²) in [6.07, 6.45) is 7.80. The molecule has 0 amide bonds. The average molecular weight is 412 g/mol. The molecule has 0 radical (unpaired) electrons. The zero-order valence-electron chi connectivity index (χ0n) is 17.5. The summed E-state index contributed by atoms with van der Waals surface area (Å²) in [5.41, 5.74) is 8.20. The van der Waals surface area contributed by atoms with Crippen LogP contribution in [0.4, 0.5) is 5.82 Å². The van der Waals surface area contributed by atoms with Gasteiger partial charge in [0.05, 0.1) is 29.4 Å². The highest BCUT2D eigenvalue weighted by Crippen LogP contribution is 2.45. The molecule has 2 saturated carbocycles. The molecule has 160 valence electrons. The van der Waals surface area contributed by atoms with Gasteiger partial charge >= 0.3 is 0 Å². The Morgan fingerprint density at radius 3 is 2.83 bits per heavy atom. The van der Waals surface area contributed by atoms with Crippen molar-refractivity contribution in [3.05, 3.63) is 29.8 Å². The van der Waals surface area contributed by atoms with Crippen LogP contribution < -0.4 is 15.8 Å². The minimum Gasteiger partial charge on any atom is -0.372 e. The van der Waals surface area contributed by atoms with Gasteiger partial charge in [-0.05, 0) is 46.0 Å². The molecule has 2 aromatic heterocycles. The summed E-state index contributed by atoms with van der Waals surface area (Å²) in [6, 6.07) is 2.80. The number of fused-ring (bicyclic) bond motifs is 1. The quantitative estimate of drug-likeness (QED) is 0.765. The third kappa shape index (κ3) is 3.38. The van der Waals surface area contributed by atoms with Gasteiger partial charge in [0.15, 0.2) is 5.82 Å². The molecule has 2 saturated heterocycles. The Kier molecular flexibility index (Phi) is 4.33. The van der Waals surface area contributed by atoms with E-state index in [0.717, 1.165) is 49.8 Å². The van der Waals surface area contributed by atoms with Crippen LogP contribution in [-0.4, -0.2) is 50.9 Å². The summed E-state index contributed by atoms with van der Waals surface area (Å²) in [7, 11) is 0. The summed E-state index contributed by atoms with van der Waals surface area (Å²) >= 11 is 0. The van der Waals surface area contributed by atoms with Crippen LogP contribution in [0.2, 0.25) is 0 Å². The maximum Gasteiger partial charge on any atom is 0.233 e. The Hall–Kier alpha value is -2.10. The van der Waals surface area contributed by atoms with Crippen molar-refractivity contribution >= 4 is 5.82 Å². The largest absolute Gasteiger partial charge is 0.372 e. The van der Waals surface area contributed by atoms with E-state index in [2.05, 4.69) is 48.9 Å². The number of anilines is 1. The molecule has 4 atom stereocenters. The minimum atomic E-state index is 0.138. The highest BCUT2D eigenvalue weighted by molar-refractivity contribution is 5.44. The Balaban J connectivity index is 1.14. The van der Waals surface area contributed by atoms with Gasteiger partial charge in [-0.15, -0.1) is 0 Å². The average Bonchev–Trinajstić information content (AvgIpc) is 3.09. The predicted octanol–water partition coefficient (Wildman–Crippen LogP) is 2.03. The van der Waals surface area contributed by atoms with Gasteiger partial charge in [0.25, 0.3) is 0 Å². The van der Waals surface area contributed by atoms with Crippen molar-refractivity contribution in [3.63, 3.8) is 0 Å². The van der Waals surface area contributed by atoms with Crippen LogP contribution in [0.1, 0.15) is 68.4 Å². The molecular weight excluding hydrogens is 382 g/mol.